The third kappa shape index (κ3) is 4.40. The van der Waals surface area contributed by atoms with Crippen molar-refractivity contribution in [3.63, 3.8) is 0 Å². The maximum Gasteiger partial charge on any atom is 0.235 e. The molecular weight excluding hydrogens is 274 g/mol. The first-order chi connectivity index (χ1) is 9.78. The lowest BCUT2D eigenvalue weighted by Crippen LogP contribution is -2.14. The first-order valence-corrected chi connectivity index (χ1v) is 7.12. The van der Waals surface area contributed by atoms with Crippen LogP contribution in [-0.4, -0.2) is 32.4 Å². The molecule has 0 saturated heterocycles. The van der Waals surface area contributed by atoms with Crippen molar-refractivity contribution in [3.05, 3.63) is 42.1 Å². The molecule has 0 aliphatic carbocycles. The molecule has 1 heterocycles. The topological polar surface area (TPSA) is 83.6 Å². The van der Waals surface area contributed by atoms with Gasteiger partial charge >= 0.3 is 0 Å². The summed E-state index contributed by atoms with van der Waals surface area (Å²) in [5.74, 6) is 0.772. The number of nitrogens with one attached hydrogen (secondary N) is 1. The van der Waals surface area contributed by atoms with Crippen LogP contribution < -0.4 is 5.32 Å². The van der Waals surface area contributed by atoms with Gasteiger partial charge in [-0.2, -0.15) is 5.26 Å². The third-order valence-corrected chi connectivity index (χ3v) is 3.19. The van der Waals surface area contributed by atoms with Gasteiger partial charge in [-0.25, -0.2) is 4.68 Å². The highest BCUT2D eigenvalue weighted by Crippen LogP contribution is 2.06. The Morgan fingerprint density at radius 3 is 2.95 bits per heavy atom. The highest BCUT2D eigenvalue weighted by Gasteiger charge is 2.06. The van der Waals surface area contributed by atoms with E-state index in [1.165, 1.54) is 11.8 Å². The van der Waals surface area contributed by atoms with Gasteiger partial charge < -0.3 is 5.32 Å². The van der Waals surface area contributed by atoms with E-state index in [0.29, 0.717) is 18.1 Å². The Morgan fingerprint density at radius 1 is 1.40 bits per heavy atom. The average molecular weight is 287 g/mol. The van der Waals surface area contributed by atoms with E-state index in [1.54, 1.807) is 10.9 Å². The van der Waals surface area contributed by atoms with Gasteiger partial charge in [0.1, 0.15) is 0 Å². The highest BCUT2D eigenvalue weighted by atomic mass is 32.2. The summed E-state index contributed by atoms with van der Waals surface area (Å²) in [6.07, 6.45) is 1.68. The van der Waals surface area contributed by atoms with E-state index in [9.17, 15) is 4.79 Å². The van der Waals surface area contributed by atoms with Gasteiger partial charge in [-0.15, -0.1) is 16.9 Å². The zero-order valence-corrected chi connectivity index (χ0v) is 11.5. The predicted molar refractivity (Wildman–Crippen MR) is 77.1 cm³/mol. The minimum absolute atomic E-state index is 0.183. The molecule has 6 nitrogen and oxygen atoms in total. The summed E-state index contributed by atoms with van der Waals surface area (Å²) in [5, 5.41) is 18.9. The van der Waals surface area contributed by atoms with Crippen LogP contribution in [0.5, 0.6) is 0 Å². The summed E-state index contributed by atoms with van der Waals surface area (Å²) in [5.41, 5.74) is 1.11. The Hall–Kier alpha value is -2.33. The number of nitrogens with zero attached hydrogens (tertiary/aromatic N) is 4. The second kappa shape index (κ2) is 7.31. The number of carbonyl (C=O) groups excluding carboxylic acids is 1. The smallest absolute Gasteiger partial charge is 0.235 e. The van der Waals surface area contributed by atoms with Crippen LogP contribution in [0.4, 0.5) is 5.82 Å². The molecule has 1 aromatic heterocycles. The van der Waals surface area contributed by atoms with Gasteiger partial charge in [0, 0.05) is 0 Å². The number of benzene rings is 1. The number of carbonyl (C=O) groups is 1. The molecule has 0 bridgehead atoms. The van der Waals surface area contributed by atoms with Crippen LogP contribution in [0, 0.1) is 11.3 Å². The molecule has 0 unspecified atom stereocenters. The maximum absolute atomic E-state index is 11.5. The molecule has 0 aliphatic rings. The molecule has 2 rings (SSSR count). The number of hydrogen-bond acceptors (Lipinski definition) is 5. The van der Waals surface area contributed by atoms with Crippen LogP contribution in [-0.2, 0) is 11.3 Å². The largest absolute Gasteiger partial charge is 0.307 e. The molecule has 20 heavy (non-hydrogen) atoms. The SMILES string of the molecule is N#CCSCC(=O)Nc1cn(Cc2ccccc2)nn1. The second-order valence-corrected chi connectivity index (χ2v) is 4.97. The van der Waals surface area contributed by atoms with Gasteiger partial charge in [0.15, 0.2) is 5.82 Å². The molecule has 0 fully saturated rings. The standard InChI is InChI=1S/C13H13N5OS/c14-6-7-20-10-13(19)15-12-9-18(17-16-12)8-11-4-2-1-3-5-11/h1-5,9H,7-8,10H2,(H,15,19). The van der Waals surface area contributed by atoms with Crippen molar-refractivity contribution in [1.82, 2.24) is 15.0 Å². The molecule has 1 aromatic carbocycles. The van der Waals surface area contributed by atoms with Crippen molar-refractivity contribution in [1.29, 1.82) is 5.26 Å². The molecule has 0 aliphatic heterocycles. The van der Waals surface area contributed by atoms with Crippen molar-refractivity contribution in [2.75, 3.05) is 16.8 Å². The van der Waals surface area contributed by atoms with Crippen molar-refractivity contribution >= 4 is 23.5 Å². The molecule has 0 atom stereocenters. The minimum Gasteiger partial charge on any atom is -0.307 e. The first kappa shape index (κ1) is 14.1. The molecule has 102 valence electrons. The summed E-state index contributed by atoms with van der Waals surface area (Å²) in [4.78, 5) is 11.5. The van der Waals surface area contributed by atoms with Crippen LogP contribution in [0.1, 0.15) is 5.56 Å². The number of hydrogen-bond donors (Lipinski definition) is 1. The Bertz CT molecular complexity index is 605. The Labute approximate surface area is 120 Å². The summed E-state index contributed by atoms with van der Waals surface area (Å²) in [6, 6.07) is 11.8. The van der Waals surface area contributed by atoms with E-state index in [1.807, 2.05) is 36.4 Å². The van der Waals surface area contributed by atoms with Gasteiger partial charge in [0.2, 0.25) is 5.91 Å². The van der Waals surface area contributed by atoms with Crippen molar-refractivity contribution in [2.45, 2.75) is 6.54 Å². The van der Waals surface area contributed by atoms with Gasteiger partial charge in [-0.3, -0.25) is 4.79 Å². The van der Waals surface area contributed by atoms with E-state index < -0.39 is 0 Å². The Kier molecular flexibility index (Phi) is 5.15. The zero-order valence-electron chi connectivity index (χ0n) is 10.7. The van der Waals surface area contributed by atoms with Crippen LogP contribution in [0.2, 0.25) is 0 Å². The van der Waals surface area contributed by atoms with Crippen molar-refractivity contribution in [2.24, 2.45) is 0 Å². The third-order valence-electron chi connectivity index (χ3n) is 2.39. The molecule has 0 radical (unpaired) electrons. The number of aromatic nitrogens is 3. The lowest BCUT2D eigenvalue weighted by atomic mass is 10.2. The summed E-state index contributed by atoms with van der Waals surface area (Å²) in [7, 11) is 0. The monoisotopic (exact) mass is 287 g/mol. The fraction of sp³-hybridized carbons (Fsp3) is 0.231. The Balaban J connectivity index is 1.86. The summed E-state index contributed by atoms with van der Waals surface area (Å²) < 4.78 is 1.66. The maximum atomic E-state index is 11.5. The number of anilines is 1. The van der Waals surface area contributed by atoms with Crippen LogP contribution >= 0.6 is 11.8 Å². The van der Waals surface area contributed by atoms with E-state index in [2.05, 4.69) is 15.6 Å². The molecule has 7 heteroatoms. The summed E-state index contributed by atoms with van der Waals surface area (Å²) in [6.45, 7) is 0.604. The molecule has 2 aromatic rings. The van der Waals surface area contributed by atoms with Crippen molar-refractivity contribution in [3.8, 4) is 6.07 Å². The number of thioether (sulfide) groups is 1. The van der Waals surface area contributed by atoms with Crippen LogP contribution in [0.15, 0.2) is 36.5 Å². The zero-order chi connectivity index (χ0) is 14.2. The molecule has 1 amide bonds. The van der Waals surface area contributed by atoms with Gasteiger partial charge in [-0.1, -0.05) is 35.5 Å². The molecular formula is C13H13N5OS. The fourth-order valence-electron chi connectivity index (χ4n) is 1.57. The number of amides is 1. The Morgan fingerprint density at radius 2 is 2.20 bits per heavy atom. The fourth-order valence-corrected chi connectivity index (χ4v) is 2.02. The van der Waals surface area contributed by atoms with Gasteiger partial charge in [0.05, 0.1) is 30.3 Å². The summed E-state index contributed by atoms with van der Waals surface area (Å²) >= 11 is 1.26. The van der Waals surface area contributed by atoms with E-state index in [4.69, 9.17) is 5.26 Å². The normalized spacial score (nSPS) is 9.95. The van der Waals surface area contributed by atoms with E-state index in [-0.39, 0.29) is 11.7 Å². The van der Waals surface area contributed by atoms with Crippen LogP contribution in [0.3, 0.4) is 0 Å². The highest BCUT2D eigenvalue weighted by molar-refractivity contribution is 8.00. The second-order valence-electron chi connectivity index (χ2n) is 3.99. The van der Waals surface area contributed by atoms with E-state index in [0.717, 1.165) is 5.56 Å². The quantitative estimate of drug-likeness (QED) is 0.814. The molecule has 0 saturated carbocycles. The molecule has 1 N–H and O–H groups in total. The number of nitriles is 1. The number of rotatable bonds is 6. The first-order valence-electron chi connectivity index (χ1n) is 5.96. The average Bonchev–Trinajstić information content (AvgIpc) is 2.87. The molecule has 0 spiro atoms. The van der Waals surface area contributed by atoms with Gasteiger partial charge in [0.25, 0.3) is 0 Å². The predicted octanol–water partition coefficient (Wildman–Crippen LogP) is 1.52. The lowest BCUT2D eigenvalue weighted by Gasteiger charge is -2.00. The lowest BCUT2D eigenvalue weighted by molar-refractivity contribution is -0.113. The van der Waals surface area contributed by atoms with E-state index >= 15 is 0 Å². The minimum atomic E-state index is -0.183. The van der Waals surface area contributed by atoms with Gasteiger partial charge in [-0.05, 0) is 5.56 Å². The van der Waals surface area contributed by atoms with Crippen LogP contribution in [0.25, 0.3) is 0 Å². The van der Waals surface area contributed by atoms with Crippen molar-refractivity contribution < 1.29 is 4.79 Å².